The molecule has 4 rings (SSSR count). The van der Waals surface area contributed by atoms with Crippen LogP contribution in [0.15, 0.2) is 30.3 Å². The molecule has 0 bridgehead atoms. The summed E-state index contributed by atoms with van der Waals surface area (Å²) in [4.78, 5) is 20.2. The van der Waals surface area contributed by atoms with E-state index in [1.54, 1.807) is 0 Å². The molecule has 2 aromatic rings. The van der Waals surface area contributed by atoms with E-state index in [0.29, 0.717) is 23.4 Å². The number of pyridine rings is 1. The number of benzene rings is 1. The zero-order chi connectivity index (χ0) is 22.0. The van der Waals surface area contributed by atoms with Gasteiger partial charge in [-0.3, -0.25) is 20.6 Å². The second kappa shape index (κ2) is 9.20. The minimum absolute atomic E-state index is 0.0698. The van der Waals surface area contributed by atoms with E-state index in [1.807, 2.05) is 30.3 Å². The van der Waals surface area contributed by atoms with Crippen molar-refractivity contribution >= 4 is 16.8 Å². The Morgan fingerprint density at radius 2 is 2.13 bits per heavy atom. The van der Waals surface area contributed by atoms with Crippen LogP contribution in [0.5, 0.6) is 0 Å². The fraction of sp³-hybridized carbons (Fsp3) is 0.583. The van der Waals surface area contributed by atoms with Crippen LogP contribution in [0.3, 0.4) is 0 Å². The SMILES string of the molecule is CC(C)(C)C1NNCC1CN1CCC(c2cc(C(=O)NCCO)c3ccccc3n2)C1. The van der Waals surface area contributed by atoms with Crippen LogP contribution in [0.4, 0.5) is 0 Å². The van der Waals surface area contributed by atoms with Gasteiger partial charge < -0.3 is 15.3 Å². The third kappa shape index (κ3) is 4.90. The van der Waals surface area contributed by atoms with E-state index < -0.39 is 0 Å². The Labute approximate surface area is 184 Å². The van der Waals surface area contributed by atoms with Gasteiger partial charge in [-0.25, -0.2) is 0 Å². The van der Waals surface area contributed by atoms with Crippen molar-refractivity contribution in [2.45, 2.75) is 39.2 Å². The number of hydrazine groups is 1. The normalized spacial score (nSPS) is 24.7. The van der Waals surface area contributed by atoms with Gasteiger partial charge in [0.25, 0.3) is 5.91 Å². The largest absolute Gasteiger partial charge is 0.395 e. The van der Waals surface area contributed by atoms with Crippen LogP contribution in [0.2, 0.25) is 0 Å². The molecule has 0 spiro atoms. The average molecular weight is 426 g/mol. The minimum Gasteiger partial charge on any atom is -0.395 e. The van der Waals surface area contributed by atoms with Gasteiger partial charge in [0.1, 0.15) is 0 Å². The third-order valence-corrected chi connectivity index (χ3v) is 6.59. The quantitative estimate of drug-likeness (QED) is 0.565. The highest BCUT2D eigenvalue weighted by molar-refractivity contribution is 6.06. The Morgan fingerprint density at radius 1 is 1.32 bits per heavy atom. The van der Waals surface area contributed by atoms with Gasteiger partial charge in [-0.15, -0.1) is 0 Å². The maximum Gasteiger partial charge on any atom is 0.252 e. The molecular weight excluding hydrogens is 390 g/mol. The molecule has 1 aromatic carbocycles. The molecule has 4 N–H and O–H groups in total. The Balaban J connectivity index is 1.51. The lowest BCUT2D eigenvalue weighted by atomic mass is 9.80. The Hall–Kier alpha value is -2.06. The first kappa shape index (κ1) is 22.1. The molecule has 168 valence electrons. The molecule has 2 aliphatic rings. The molecule has 0 radical (unpaired) electrons. The summed E-state index contributed by atoms with van der Waals surface area (Å²) >= 11 is 0. The summed E-state index contributed by atoms with van der Waals surface area (Å²) in [6.45, 7) is 11.1. The first-order valence-electron chi connectivity index (χ1n) is 11.4. The molecule has 1 aromatic heterocycles. The number of nitrogens with one attached hydrogen (secondary N) is 3. The third-order valence-electron chi connectivity index (χ3n) is 6.59. The van der Waals surface area contributed by atoms with E-state index in [2.05, 4.69) is 41.8 Å². The second-order valence-corrected chi connectivity index (χ2v) is 9.97. The van der Waals surface area contributed by atoms with Crippen LogP contribution >= 0.6 is 0 Å². The van der Waals surface area contributed by atoms with Crippen LogP contribution < -0.4 is 16.2 Å². The van der Waals surface area contributed by atoms with Gasteiger partial charge in [0.05, 0.1) is 17.7 Å². The lowest BCUT2D eigenvalue weighted by Crippen LogP contribution is -2.44. The summed E-state index contributed by atoms with van der Waals surface area (Å²) in [5.74, 6) is 0.743. The molecule has 7 heteroatoms. The second-order valence-electron chi connectivity index (χ2n) is 9.97. The molecule has 1 amide bonds. The van der Waals surface area contributed by atoms with E-state index >= 15 is 0 Å². The fourth-order valence-corrected chi connectivity index (χ4v) is 5.06. The summed E-state index contributed by atoms with van der Waals surface area (Å²) in [5.41, 5.74) is 9.52. The minimum atomic E-state index is -0.153. The van der Waals surface area contributed by atoms with Crippen molar-refractivity contribution in [2.75, 3.05) is 39.3 Å². The Morgan fingerprint density at radius 3 is 2.90 bits per heavy atom. The van der Waals surface area contributed by atoms with Gasteiger partial charge in [-0.2, -0.15) is 0 Å². The van der Waals surface area contributed by atoms with Crippen molar-refractivity contribution in [3.8, 4) is 0 Å². The van der Waals surface area contributed by atoms with E-state index in [4.69, 9.17) is 10.1 Å². The van der Waals surface area contributed by atoms with E-state index in [-0.39, 0.29) is 24.5 Å². The average Bonchev–Trinajstić information content (AvgIpc) is 3.41. The number of hydrogen-bond acceptors (Lipinski definition) is 6. The first-order valence-corrected chi connectivity index (χ1v) is 11.4. The lowest BCUT2D eigenvalue weighted by molar-refractivity contribution is 0.0946. The number of amides is 1. The molecule has 31 heavy (non-hydrogen) atoms. The van der Waals surface area contributed by atoms with Gasteiger partial charge in [0, 0.05) is 55.1 Å². The predicted octanol–water partition coefficient (Wildman–Crippen LogP) is 1.88. The molecule has 7 nitrogen and oxygen atoms in total. The summed E-state index contributed by atoms with van der Waals surface area (Å²) in [6, 6.07) is 10.2. The van der Waals surface area contributed by atoms with Gasteiger partial charge in [0.2, 0.25) is 0 Å². The fourth-order valence-electron chi connectivity index (χ4n) is 5.06. The summed E-state index contributed by atoms with van der Waals surface area (Å²) in [5, 5.41) is 12.7. The molecule has 0 aliphatic carbocycles. The maximum absolute atomic E-state index is 12.7. The van der Waals surface area contributed by atoms with Gasteiger partial charge in [-0.1, -0.05) is 39.0 Å². The van der Waals surface area contributed by atoms with E-state index in [0.717, 1.165) is 49.2 Å². The first-order chi connectivity index (χ1) is 14.9. The van der Waals surface area contributed by atoms with E-state index in [9.17, 15) is 4.79 Å². The standard InChI is InChI=1S/C24H35N5O2/c1-24(2,3)22-17(13-26-28-22)15-29-10-8-16(14-29)21-12-19(23(31)25-9-11-30)18-6-4-5-7-20(18)27-21/h4-7,12,16-17,22,26,28,30H,8-11,13-15H2,1-3H3,(H,25,31). The Kier molecular flexibility index (Phi) is 6.57. The van der Waals surface area contributed by atoms with Crippen molar-refractivity contribution in [3.05, 3.63) is 41.6 Å². The highest BCUT2D eigenvalue weighted by Crippen LogP contribution is 2.32. The molecule has 2 saturated heterocycles. The number of aliphatic hydroxyl groups is 1. The number of aliphatic hydroxyl groups excluding tert-OH is 1. The summed E-state index contributed by atoms with van der Waals surface area (Å²) in [7, 11) is 0. The predicted molar refractivity (Wildman–Crippen MR) is 123 cm³/mol. The van der Waals surface area contributed by atoms with Crippen molar-refractivity contribution in [1.82, 2.24) is 26.1 Å². The number of fused-ring (bicyclic) bond motifs is 1. The van der Waals surface area contributed by atoms with Gasteiger partial charge in [-0.05, 0) is 30.5 Å². The van der Waals surface area contributed by atoms with Crippen molar-refractivity contribution in [1.29, 1.82) is 0 Å². The number of carbonyl (C=O) groups is 1. The number of rotatable bonds is 6. The van der Waals surface area contributed by atoms with Crippen molar-refractivity contribution in [3.63, 3.8) is 0 Å². The molecule has 3 unspecified atom stereocenters. The number of para-hydroxylation sites is 1. The summed E-state index contributed by atoms with van der Waals surface area (Å²) in [6.07, 6.45) is 1.05. The number of likely N-dealkylation sites (tertiary alicyclic amines) is 1. The number of hydrogen-bond donors (Lipinski definition) is 4. The zero-order valence-corrected chi connectivity index (χ0v) is 18.8. The lowest BCUT2D eigenvalue weighted by Gasteiger charge is -2.33. The van der Waals surface area contributed by atoms with E-state index in [1.165, 1.54) is 0 Å². The molecule has 2 fully saturated rings. The maximum atomic E-state index is 12.7. The number of aromatic nitrogens is 1. The molecular formula is C24H35N5O2. The topological polar surface area (TPSA) is 89.5 Å². The molecule has 3 atom stereocenters. The summed E-state index contributed by atoms with van der Waals surface area (Å²) < 4.78 is 0. The van der Waals surface area contributed by atoms with Gasteiger partial charge in [0.15, 0.2) is 0 Å². The van der Waals surface area contributed by atoms with Crippen LogP contribution in [-0.4, -0.2) is 66.3 Å². The Bertz CT molecular complexity index is 926. The molecule has 2 aliphatic heterocycles. The smallest absolute Gasteiger partial charge is 0.252 e. The van der Waals surface area contributed by atoms with Crippen LogP contribution in [0, 0.1) is 11.3 Å². The number of carbonyl (C=O) groups excluding carboxylic acids is 1. The monoisotopic (exact) mass is 425 g/mol. The van der Waals surface area contributed by atoms with Gasteiger partial charge >= 0.3 is 0 Å². The van der Waals surface area contributed by atoms with Crippen LogP contribution in [0.1, 0.15) is 49.2 Å². The van der Waals surface area contributed by atoms with Crippen molar-refractivity contribution in [2.24, 2.45) is 11.3 Å². The number of nitrogens with zero attached hydrogens (tertiary/aromatic N) is 2. The molecule has 3 heterocycles. The molecule has 0 saturated carbocycles. The van der Waals surface area contributed by atoms with Crippen LogP contribution in [0.25, 0.3) is 10.9 Å². The highest BCUT2D eigenvalue weighted by Gasteiger charge is 2.38. The zero-order valence-electron chi connectivity index (χ0n) is 18.8. The van der Waals surface area contributed by atoms with Crippen LogP contribution in [-0.2, 0) is 0 Å². The highest BCUT2D eigenvalue weighted by atomic mass is 16.3. The van der Waals surface area contributed by atoms with Crippen molar-refractivity contribution < 1.29 is 9.90 Å².